The van der Waals surface area contributed by atoms with Crippen LogP contribution in [0.15, 0.2) is 18.2 Å². The third-order valence-corrected chi connectivity index (χ3v) is 4.33. The maximum absolute atomic E-state index is 6.29. The van der Waals surface area contributed by atoms with Crippen LogP contribution in [-0.4, -0.2) is 9.97 Å². The quantitative estimate of drug-likeness (QED) is 0.705. The highest BCUT2D eigenvalue weighted by Gasteiger charge is 2.29. The summed E-state index contributed by atoms with van der Waals surface area (Å²) in [6, 6.07) is 5.60. The SMILES string of the molecule is Cc1nc(Cl)c2c(n1)C(c1ccc(Cl)cc1Cl)CC2. The molecule has 0 N–H and O–H groups in total. The van der Waals surface area contributed by atoms with Crippen LogP contribution in [0.4, 0.5) is 0 Å². The highest BCUT2D eigenvalue weighted by Crippen LogP contribution is 2.42. The van der Waals surface area contributed by atoms with Crippen LogP contribution in [-0.2, 0) is 6.42 Å². The van der Waals surface area contributed by atoms with Crippen molar-refractivity contribution in [2.45, 2.75) is 25.7 Å². The molecule has 3 rings (SSSR count). The van der Waals surface area contributed by atoms with E-state index in [9.17, 15) is 0 Å². The van der Waals surface area contributed by atoms with Crippen molar-refractivity contribution in [1.29, 1.82) is 0 Å². The summed E-state index contributed by atoms with van der Waals surface area (Å²) < 4.78 is 0. The number of halogens is 3. The smallest absolute Gasteiger partial charge is 0.136 e. The van der Waals surface area contributed by atoms with E-state index >= 15 is 0 Å². The second-order valence-corrected chi connectivity index (χ2v) is 5.88. The number of fused-ring (bicyclic) bond motifs is 1. The standard InChI is InChI=1S/C14H11Cl3N2/c1-7-18-13-10(4-5-11(13)14(17)19-7)9-3-2-8(15)6-12(9)16/h2-3,6,10H,4-5H2,1H3. The van der Waals surface area contributed by atoms with Crippen LogP contribution in [0.1, 0.15) is 35.0 Å². The van der Waals surface area contributed by atoms with E-state index in [4.69, 9.17) is 34.8 Å². The minimum atomic E-state index is 0.180. The molecular formula is C14H11Cl3N2. The second-order valence-electron chi connectivity index (χ2n) is 4.68. The molecule has 2 nitrogen and oxygen atoms in total. The molecule has 0 bridgehead atoms. The molecule has 5 heteroatoms. The van der Waals surface area contributed by atoms with Gasteiger partial charge in [-0.15, -0.1) is 0 Å². The van der Waals surface area contributed by atoms with Gasteiger partial charge >= 0.3 is 0 Å². The average molecular weight is 314 g/mol. The van der Waals surface area contributed by atoms with Crippen molar-refractivity contribution in [2.24, 2.45) is 0 Å². The monoisotopic (exact) mass is 312 g/mol. The summed E-state index contributed by atoms with van der Waals surface area (Å²) in [4.78, 5) is 8.76. The van der Waals surface area contributed by atoms with Gasteiger partial charge in [-0.25, -0.2) is 9.97 Å². The first-order valence-corrected chi connectivity index (χ1v) is 7.17. The highest BCUT2D eigenvalue weighted by molar-refractivity contribution is 6.35. The predicted octanol–water partition coefficient (Wildman–Crippen LogP) is 4.82. The molecule has 0 fully saturated rings. The zero-order valence-electron chi connectivity index (χ0n) is 10.3. The van der Waals surface area contributed by atoms with E-state index in [1.54, 1.807) is 6.07 Å². The Labute approximate surface area is 126 Å². The predicted molar refractivity (Wildman–Crippen MR) is 78.4 cm³/mol. The van der Waals surface area contributed by atoms with Gasteiger partial charge in [-0.2, -0.15) is 0 Å². The fourth-order valence-corrected chi connectivity index (χ4v) is 3.47. The molecule has 0 saturated carbocycles. The van der Waals surface area contributed by atoms with Crippen molar-refractivity contribution in [3.8, 4) is 0 Å². The van der Waals surface area contributed by atoms with Gasteiger partial charge in [0, 0.05) is 21.5 Å². The molecule has 0 spiro atoms. The van der Waals surface area contributed by atoms with E-state index in [1.165, 1.54) is 0 Å². The molecule has 2 aromatic rings. The van der Waals surface area contributed by atoms with Crippen molar-refractivity contribution >= 4 is 34.8 Å². The number of hydrogen-bond acceptors (Lipinski definition) is 2. The molecule has 1 aliphatic carbocycles. The van der Waals surface area contributed by atoms with Crippen molar-refractivity contribution in [3.63, 3.8) is 0 Å². The summed E-state index contributed by atoms with van der Waals surface area (Å²) in [5.41, 5.74) is 3.10. The first-order valence-electron chi connectivity index (χ1n) is 6.04. The molecule has 1 aliphatic rings. The van der Waals surface area contributed by atoms with Crippen LogP contribution in [0.5, 0.6) is 0 Å². The molecule has 1 aromatic carbocycles. The topological polar surface area (TPSA) is 25.8 Å². The zero-order valence-corrected chi connectivity index (χ0v) is 12.5. The number of nitrogens with zero attached hydrogens (tertiary/aromatic N) is 2. The zero-order chi connectivity index (χ0) is 13.6. The third kappa shape index (κ3) is 2.33. The largest absolute Gasteiger partial charge is 0.237 e. The second kappa shape index (κ2) is 4.93. The van der Waals surface area contributed by atoms with Gasteiger partial charge in [0.15, 0.2) is 0 Å². The minimum Gasteiger partial charge on any atom is -0.237 e. The van der Waals surface area contributed by atoms with Crippen LogP contribution in [0.3, 0.4) is 0 Å². The Hall–Kier alpha value is -0.830. The molecule has 1 heterocycles. The lowest BCUT2D eigenvalue weighted by molar-refractivity contribution is 0.768. The summed E-state index contributed by atoms with van der Waals surface area (Å²) in [6.07, 6.45) is 1.84. The third-order valence-electron chi connectivity index (χ3n) is 3.45. The maximum Gasteiger partial charge on any atom is 0.136 e. The summed E-state index contributed by atoms with van der Waals surface area (Å²) in [7, 11) is 0. The first kappa shape index (κ1) is 13.2. The molecule has 0 amide bonds. The van der Waals surface area contributed by atoms with E-state index < -0.39 is 0 Å². The minimum absolute atomic E-state index is 0.180. The molecule has 0 radical (unpaired) electrons. The number of benzene rings is 1. The van der Waals surface area contributed by atoms with Crippen LogP contribution in [0.25, 0.3) is 0 Å². The van der Waals surface area contributed by atoms with Gasteiger partial charge in [0.25, 0.3) is 0 Å². The van der Waals surface area contributed by atoms with Gasteiger partial charge in [-0.1, -0.05) is 40.9 Å². The number of aromatic nitrogens is 2. The van der Waals surface area contributed by atoms with Gasteiger partial charge in [0.05, 0.1) is 5.69 Å². The van der Waals surface area contributed by atoms with Gasteiger partial charge in [0.2, 0.25) is 0 Å². The number of rotatable bonds is 1. The van der Waals surface area contributed by atoms with Crippen LogP contribution in [0.2, 0.25) is 15.2 Å². The first-order chi connectivity index (χ1) is 9.06. The Bertz CT molecular complexity index is 655. The Morgan fingerprint density at radius 1 is 1.16 bits per heavy atom. The van der Waals surface area contributed by atoms with E-state index in [1.807, 2.05) is 19.1 Å². The Morgan fingerprint density at radius 3 is 2.68 bits per heavy atom. The van der Waals surface area contributed by atoms with Gasteiger partial charge in [-0.3, -0.25) is 0 Å². The normalized spacial score (nSPS) is 17.6. The van der Waals surface area contributed by atoms with Gasteiger partial charge in [-0.05, 0) is 37.5 Å². The summed E-state index contributed by atoms with van der Waals surface area (Å²) in [5.74, 6) is 0.875. The van der Waals surface area contributed by atoms with Crippen molar-refractivity contribution < 1.29 is 0 Å². The van der Waals surface area contributed by atoms with Crippen LogP contribution >= 0.6 is 34.8 Å². The van der Waals surface area contributed by atoms with Crippen molar-refractivity contribution in [2.75, 3.05) is 0 Å². The average Bonchev–Trinajstić information content (AvgIpc) is 2.73. The highest BCUT2D eigenvalue weighted by atomic mass is 35.5. The molecule has 0 aliphatic heterocycles. The Morgan fingerprint density at radius 2 is 1.95 bits per heavy atom. The van der Waals surface area contributed by atoms with E-state index in [-0.39, 0.29) is 5.92 Å². The lowest BCUT2D eigenvalue weighted by Gasteiger charge is -2.13. The van der Waals surface area contributed by atoms with Crippen LogP contribution in [0, 0.1) is 6.92 Å². The Kier molecular flexibility index (Phi) is 3.42. The van der Waals surface area contributed by atoms with Gasteiger partial charge in [0.1, 0.15) is 11.0 Å². The van der Waals surface area contributed by atoms with Gasteiger partial charge < -0.3 is 0 Å². The summed E-state index contributed by atoms with van der Waals surface area (Å²) in [6.45, 7) is 1.85. The van der Waals surface area contributed by atoms with E-state index in [2.05, 4.69) is 9.97 Å². The van der Waals surface area contributed by atoms with Crippen molar-refractivity contribution in [3.05, 3.63) is 56.0 Å². The molecule has 1 aromatic heterocycles. The summed E-state index contributed by atoms with van der Waals surface area (Å²) in [5, 5.41) is 1.89. The van der Waals surface area contributed by atoms with E-state index in [0.717, 1.165) is 29.7 Å². The fourth-order valence-electron chi connectivity index (χ4n) is 2.61. The number of aryl methyl sites for hydroxylation is 1. The maximum atomic E-state index is 6.29. The summed E-state index contributed by atoms with van der Waals surface area (Å²) >= 11 is 18.4. The van der Waals surface area contributed by atoms with Crippen molar-refractivity contribution in [1.82, 2.24) is 9.97 Å². The fraction of sp³-hybridized carbons (Fsp3) is 0.286. The lowest BCUT2D eigenvalue weighted by atomic mass is 9.96. The molecular weight excluding hydrogens is 303 g/mol. The molecule has 1 unspecified atom stereocenters. The lowest BCUT2D eigenvalue weighted by Crippen LogP contribution is -2.03. The van der Waals surface area contributed by atoms with Crippen LogP contribution < -0.4 is 0 Å². The molecule has 1 atom stereocenters. The van der Waals surface area contributed by atoms with E-state index in [0.29, 0.717) is 21.0 Å². The molecule has 19 heavy (non-hydrogen) atoms. The molecule has 98 valence electrons. The number of hydrogen-bond donors (Lipinski definition) is 0. The Balaban J connectivity index is 2.11. The molecule has 0 saturated heterocycles.